The van der Waals surface area contributed by atoms with Crippen LogP contribution in [-0.4, -0.2) is 44.6 Å². The normalized spacial score (nSPS) is 20.1. The molecule has 2 aliphatic rings. The molecule has 1 aliphatic heterocycles. The van der Waals surface area contributed by atoms with Crippen molar-refractivity contribution in [3.05, 3.63) is 83.2 Å². The number of aliphatic carboxylic acids is 1. The lowest BCUT2D eigenvalue weighted by atomic mass is 9.78. The van der Waals surface area contributed by atoms with Gasteiger partial charge >= 0.3 is 5.97 Å². The molecule has 4 aromatic rings. The summed E-state index contributed by atoms with van der Waals surface area (Å²) in [5.41, 5.74) is 3.96. The van der Waals surface area contributed by atoms with E-state index < -0.39 is 36.7 Å². The maximum atomic E-state index is 15.4. The van der Waals surface area contributed by atoms with Gasteiger partial charge < -0.3 is 19.3 Å². The highest BCUT2D eigenvalue weighted by molar-refractivity contribution is 5.79. The van der Waals surface area contributed by atoms with Gasteiger partial charge in [-0.2, -0.15) is 0 Å². The number of carbonyl (C=O) groups is 1. The summed E-state index contributed by atoms with van der Waals surface area (Å²) in [6.45, 7) is 1.48. The van der Waals surface area contributed by atoms with Crippen molar-refractivity contribution < 1.29 is 27.8 Å². The second-order valence-electron chi connectivity index (χ2n) is 11.1. The Morgan fingerprint density at radius 2 is 1.90 bits per heavy atom. The van der Waals surface area contributed by atoms with Gasteiger partial charge in [-0.3, -0.25) is 9.78 Å². The summed E-state index contributed by atoms with van der Waals surface area (Å²) in [7, 11) is 0. The lowest BCUT2D eigenvalue weighted by molar-refractivity contribution is -0.143. The van der Waals surface area contributed by atoms with Gasteiger partial charge in [0.1, 0.15) is 24.0 Å². The second-order valence-corrected chi connectivity index (χ2v) is 11.1. The largest absolute Gasteiger partial charge is 0.487 e. The molecule has 3 heterocycles. The zero-order valence-electron chi connectivity index (χ0n) is 22.7. The molecule has 0 spiro atoms. The van der Waals surface area contributed by atoms with Gasteiger partial charge in [-0.15, -0.1) is 0 Å². The van der Waals surface area contributed by atoms with Crippen LogP contribution in [0.2, 0.25) is 0 Å². The number of carboxylic acids is 1. The van der Waals surface area contributed by atoms with Crippen molar-refractivity contribution in [2.24, 2.45) is 5.92 Å². The molecule has 7 nitrogen and oxygen atoms in total. The third-order valence-electron chi connectivity index (χ3n) is 8.10. The zero-order chi connectivity index (χ0) is 28.7. The third-order valence-corrected chi connectivity index (χ3v) is 8.10. The maximum absolute atomic E-state index is 15.4. The van der Waals surface area contributed by atoms with Crippen molar-refractivity contribution in [2.75, 3.05) is 18.0 Å². The molecular weight excluding hydrogens is 533 g/mol. The number of ether oxygens (including phenoxy) is 1. The van der Waals surface area contributed by atoms with Crippen molar-refractivity contribution in [1.82, 2.24) is 14.5 Å². The highest BCUT2D eigenvalue weighted by atomic mass is 19.3. The Balaban J connectivity index is 1.35. The van der Waals surface area contributed by atoms with E-state index in [0.29, 0.717) is 46.7 Å². The first-order valence-electron chi connectivity index (χ1n) is 13.9. The zero-order valence-corrected chi connectivity index (χ0v) is 22.7. The van der Waals surface area contributed by atoms with Crippen LogP contribution in [0.1, 0.15) is 54.2 Å². The van der Waals surface area contributed by atoms with Crippen LogP contribution in [0, 0.1) is 18.7 Å². The molecule has 1 unspecified atom stereocenters. The van der Waals surface area contributed by atoms with Crippen LogP contribution < -0.4 is 9.64 Å². The fourth-order valence-electron chi connectivity index (χ4n) is 5.86. The number of hydrogen-bond acceptors (Lipinski definition) is 5. The van der Waals surface area contributed by atoms with Crippen molar-refractivity contribution in [1.29, 1.82) is 0 Å². The second kappa shape index (κ2) is 10.7. The van der Waals surface area contributed by atoms with Gasteiger partial charge in [-0.05, 0) is 55.7 Å². The first-order chi connectivity index (χ1) is 19.7. The first-order valence-corrected chi connectivity index (χ1v) is 13.9. The van der Waals surface area contributed by atoms with E-state index in [1.807, 2.05) is 41.8 Å². The monoisotopic (exact) mass is 564 g/mol. The number of fused-ring (bicyclic) bond motifs is 1. The van der Waals surface area contributed by atoms with Gasteiger partial charge in [0.2, 0.25) is 0 Å². The average Bonchev–Trinajstić information content (AvgIpc) is 3.29. The van der Waals surface area contributed by atoms with Gasteiger partial charge in [-0.1, -0.05) is 25.0 Å². The summed E-state index contributed by atoms with van der Waals surface area (Å²) in [6.07, 6.45) is 4.74. The molecule has 1 N–H and O–H groups in total. The number of rotatable bonds is 8. The topological polar surface area (TPSA) is 80.5 Å². The lowest BCUT2D eigenvalue weighted by Crippen LogP contribution is -2.56. The van der Waals surface area contributed by atoms with E-state index in [1.165, 1.54) is 11.0 Å². The number of benzene rings is 2. The minimum Gasteiger partial charge on any atom is -0.487 e. The number of anilines is 1. The number of pyridine rings is 1. The maximum Gasteiger partial charge on any atom is 0.307 e. The van der Waals surface area contributed by atoms with Gasteiger partial charge in [0.05, 0.1) is 42.3 Å². The Hall–Kier alpha value is -4.08. The Kier molecular flexibility index (Phi) is 7.09. The quantitative estimate of drug-likeness (QED) is 0.270. The minimum absolute atomic E-state index is 0.111. The molecule has 2 aromatic carbocycles. The highest BCUT2D eigenvalue weighted by Crippen LogP contribution is 2.40. The number of hydrogen-bond donors (Lipinski definition) is 1. The molecule has 2 atom stereocenters. The van der Waals surface area contributed by atoms with E-state index in [4.69, 9.17) is 9.72 Å². The number of halogens is 3. The van der Waals surface area contributed by atoms with Crippen LogP contribution in [-0.2, 0) is 17.9 Å². The number of aryl methyl sites for hydroxylation is 1. The Morgan fingerprint density at radius 3 is 2.61 bits per heavy atom. The molecule has 2 aromatic heterocycles. The molecule has 214 valence electrons. The van der Waals surface area contributed by atoms with Crippen molar-refractivity contribution in [3.8, 4) is 5.75 Å². The van der Waals surface area contributed by atoms with Crippen LogP contribution in [0.5, 0.6) is 5.75 Å². The molecule has 0 amide bonds. The number of alkyl halides is 2. The summed E-state index contributed by atoms with van der Waals surface area (Å²) in [5, 5.41) is 9.98. The molecule has 0 radical (unpaired) electrons. The number of carboxylic acid groups (broad SMARTS) is 1. The lowest BCUT2D eigenvalue weighted by Gasteiger charge is -2.40. The van der Waals surface area contributed by atoms with Crippen LogP contribution in [0.4, 0.5) is 18.9 Å². The van der Waals surface area contributed by atoms with Crippen LogP contribution in [0.3, 0.4) is 0 Å². The molecule has 1 saturated heterocycles. The van der Waals surface area contributed by atoms with E-state index in [-0.39, 0.29) is 19.1 Å². The number of imidazole rings is 1. The molecular formula is C31H31F3N4O3. The predicted octanol–water partition coefficient (Wildman–Crippen LogP) is 6.32. The van der Waals surface area contributed by atoms with Crippen molar-refractivity contribution in [2.45, 2.75) is 57.6 Å². The van der Waals surface area contributed by atoms with Gasteiger partial charge in [0, 0.05) is 29.4 Å². The van der Waals surface area contributed by atoms with Crippen LogP contribution >= 0.6 is 0 Å². The smallest absolute Gasteiger partial charge is 0.307 e. The molecule has 41 heavy (non-hydrogen) atoms. The number of nitrogens with zero attached hydrogens (tertiary/aromatic N) is 4. The standard InChI is InChI=1S/C31H31F3N4O3/c1-19-6-8-21(35-14-19)16-41-23-10-11-27-28(13-23)38(29(36-27)24-4-2-3-5-25(24)30(39)40)15-20-7-9-22(12-26(20)32)37-17-31(33,34)18-37/h6-14,24-25H,2-5,15-18H2,1H3,(H,39,40)/t24?,25-/m1/s1. The Labute approximate surface area is 235 Å². The van der Waals surface area contributed by atoms with Gasteiger partial charge in [0.25, 0.3) is 5.92 Å². The minimum atomic E-state index is -2.75. The third kappa shape index (κ3) is 5.60. The summed E-state index contributed by atoms with van der Waals surface area (Å²) in [4.78, 5) is 22.9. The number of aromatic nitrogens is 3. The molecule has 1 aliphatic carbocycles. The average molecular weight is 565 g/mol. The predicted molar refractivity (Wildman–Crippen MR) is 148 cm³/mol. The summed E-state index contributed by atoms with van der Waals surface area (Å²) < 4.78 is 50.0. The summed E-state index contributed by atoms with van der Waals surface area (Å²) >= 11 is 0. The highest BCUT2D eigenvalue weighted by Gasteiger charge is 2.44. The van der Waals surface area contributed by atoms with Crippen molar-refractivity contribution in [3.63, 3.8) is 0 Å². The summed E-state index contributed by atoms with van der Waals surface area (Å²) in [6, 6.07) is 13.9. The van der Waals surface area contributed by atoms with E-state index >= 15 is 4.39 Å². The SMILES string of the molecule is Cc1ccc(COc2ccc3nc(C4CCCC[C@H]4C(=O)O)n(Cc4ccc(N5CC(F)(F)C5)cc4F)c3c2)nc1. The van der Waals surface area contributed by atoms with E-state index in [1.54, 1.807) is 18.3 Å². The first kappa shape index (κ1) is 27.1. The molecule has 2 fully saturated rings. The van der Waals surface area contributed by atoms with Crippen LogP contribution in [0.25, 0.3) is 11.0 Å². The molecule has 0 bridgehead atoms. The Morgan fingerprint density at radius 1 is 1.10 bits per heavy atom. The fourth-order valence-corrected chi connectivity index (χ4v) is 5.86. The Bertz CT molecular complexity index is 1580. The van der Waals surface area contributed by atoms with E-state index in [2.05, 4.69) is 4.98 Å². The summed E-state index contributed by atoms with van der Waals surface area (Å²) in [5.74, 6) is -3.83. The molecule has 1 saturated carbocycles. The van der Waals surface area contributed by atoms with E-state index in [0.717, 1.165) is 24.1 Å². The van der Waals surface area contributed by atoms with Crippen LogP contribution in [0.15, 0.2) is 54.7 Å². The molecule has 6 rings (SSSR count). The van der Waals surface area contributed by atoms with Crippen molar-refractivity contribution >= 4 is 22.7 Å². The van der Waals surface area contributed by atoms with Gasteiger partial charge in [0.15, 0.2) is 0 Å². The fraction of sp³-hybridized carbons (Fsp3) is 0.387. The molecule has 10 heteroatoms. The van der Waals surface area contributed by atoms with E-state index in [9.17, 15) is 18.7 Å². The van der Waals surface area contributed by atoms with Gasteiger partial charge in [-0.25, -0.2) is 18.2 Å².